The van der Waals surface area contributed by atoms with Crippen LogP contribution >= 0.6 is 11.3 Å². The molecule has 24 heavy (non-hydrogen) atoms. The lowest BCUT2D eigenvalue weighted by Crippen LogP contribution is -2.23. The number of anilines is 1. The fourth-order valence-electron chi connectivity index (χ4n) is 2.71. The minimum absolute atomic E-state index is 0.0358. The zero-order valence-corrected chi connectivity index (χ0v) is 14.6. The number of nitrogens with zero attached hydrogens (tertiary/aromatic N) is 1. The van der Waals surface area contributed by atoms with E-state index in [1.807, 2.05) is 23.6 Å². The van der Waals surface area contributed by atoms with Crippen molar-refractivity contribution in [2.75, 3.05) is 19.5 Å². The minimum Gasteiger partial charge on any atom is -0.497 e. The van der Waals surface area contributed by atoms with Crippen molar-refractivity contribution < 1.29 is 14.3 Å². The maximum atomic E-state index is 12.3. The molecule has 1 atom stereocenters. The van der Waals surface area contributed by atoms with Crippen molar-refractivity contribution in [2.45, 2.75) is 19.3 Å². The van der Waals surface area contributed by atoms with E-state index in [0.29, 0.717) is 5.13 Å². The number of thiazole rings is 1. The van der Waals surface area contributed by atoms with E-state index < -0.39 is 0 Å². The summed E-state index contributed by atoms with van der Waals surface area (Å²) < 4.78 is 10.7. The van der Waals surface area contributed by atoms with Gasteiger partial charge in [-0.1, -0.05) is 12.2 Å². The predicted octanol–water partition coefficient (Wildman–Crippen LogP) is 4.12. The fraction of sp³-hybridized carbons (Fsp3) is 0.333. The summed E-state index contributed by atoms with van der Waals surface area (Å²) in [5.74, 6) is 1.53. The van der Waals surface area contributed by atoms with Crippen LogP contribution in [0.1, 0.15) is 19.3 Å². The minimum atomic E-state index is 0.0358. The van der Waals surface area contributed by atoms with Crippen LogP contribution in [0, 0.1) is 5.92 Å². The fourth-order valence-corrected chi connectivity index (χ4v) is 3.42. The molecule has 1 aromatic carbocycles. The Balaban J connectivity index is 1.78. The van der Waals surface area contributed by atoms with Gasteiger partial charge in [0.2, 0.25) is 5.91 Å². The van der Waals surface area contributed by atoms with Crippen LogP contribution < -0.4 is 14.8 Å². The summed E-state index contributed by atoms with van der Waals surface area (Å²) in [6, 6.07) is 5.57. The number of hydrogen-bond acceptors (Lipinski definition) is 5. The van der Waals surface area contributed by atoms with Gasteiger partial charge < -0.3 is 14.8 Å². The molecular weight excluding hydrogens is 324 g/mol. The smallest absolute Gasteiger partial charge is 0.229 e. The van der Waals surface area contributed by atoms with Crippen LogP contribution in [-0.4, -0.2) is 25.1 Å². The molecule has 0 spiro atoms. The first-order chi connectivity index (χ1) is 11.7. The average molecular weight is 344 g/mol. The van der Waals surface area contributed by atoms with Gasteiger partial charge in [0.25, 0.3) is 0 Å². The lowest BCUT2D eigenvalue weighted by atomic mass is 9.94. The van der Waals surface area contributed by atoms with Gasteiger partial charge in [-0.05, 0) is 37.5 Å². The Morgan fingerprint density at radius 2 is 2.17 bits per heavy atom. The highest BCUT2D eigenvalue weighted by Gasteiger charge is 2.20. The van der Waals surface area contributed by atoms with Crippen molar-refractivity contribution in [2.24, 2.45) is 5.92 Å². The molecule has 0 radical (unpaired) electrons. The molecule has 0 unspecified atom stereocenters. The van der Waals surface area contributed by atoms with Gasteiger partial charge in [0.1, 0.15) is 11.5 Å². The van der Waals surface area contributed by atoms with Crippen LogP contribution in [-0.2, 0) is 4.79 Å². The van der Waals surface area contributed by atoms with Crippen molar-refractivity contribution in [3.8, 4) is 22.8 Å². The van der Waals surface area contributed by atoms with Gasteiger partial charge in [-0.3, -0.25) is 4.79 Å². The van der Waals surface area contributed by atoms with Crippen LogP contribution in [0.5, 0.6) is 11.5 Å². The molecule has 0 aliphatic heterocycles. The number of hydrogen-bond donors (Lipinski definition) is 1. The highest BCUT2D eigenvalue weighted by atomic mass is 32.1. The first-order valence-electron chi connectivity index (χ1n) is 7.85. The predicted molar refractivity (Wildman–Crippen MR) is 95.8 cm³/mol. The second-order valence-electron chi connectivity index (χ2n) is 5.57. The molecule has 2 aromatic rings. The molecule has 0 saturated heterocycles. The van der Waals surface area contributed by atoms with E-state index in [9.17, 15) is 4.79 Å². The maximum Gasteiger partial charge on any atom is 0.229 e. The highest BCUT2D eigenvalue weighted by Crippen LogP contribution is 2.35. The number of benzene rings is 1. The number of amides is 1. The summed E-state index contributed by atoms with van der Waals surface area (Å²) in [7, 11) is 3.24. The van der Waals surface area contributed by atoms with E-state index >= 15 is 0 Å². The standard InChI is InChI=1S/C18H20N2O3S/c1-22-13-8-9-16(23-2)14(10-13)15-11-24-18(19-15)20-17(21)12-6-4-3-5-7-12/h3-4,8-12H,5-7H2,1-2H3,(H,19,20,21)/t12-/m0/s1. The van der Waals surface area contributed by atoms with Crippen LogP contribution in [0.4, 0.5) is 5.13 Å². The number of methoxy groups -OCH3 is 2. The van der Waals surface area contributed by atoms with Gasteiger partial charge in [-0.15, -0.1) is 11.3 Å². The quantitative estimate of drug-likeness (QED) is 0.829. The molecule has 0 bridgehead atoms. The molecule has 0 fully saturated rings. The molecule has 1 aromatic heterocycles. The van der Waals surface area contributed by atoms with E-state index in [-0.39, 0.29) is 11.8 Å². The molecule has 1 aliphatic rings. The summed E-state index contributed by atoms with van der Waals surface area (Å²) in [6.07, 6.45) is 6.85. The van der Waals surface area contributed by atoms with Crippen molar-refractivity contribution in [1.29, 1.82) is 0 Å². The normalized spacial score (nSPS) is 16.7. The molecule has 0 saturated carbocycles. The number of aromatic nitrogens is 1. The molecule has 5 nitrogen and oxygen atoms in total. The number of rotatable bonds is 5. The van der Waals surface area contributed by atoms with Gasteiger partial charge in [0, 0.05) is 16.9 Å². The second-order valence-corrected chi connectivity index (χ2v) is 6.43. The molecule has 1 aliphatic carbocycles. The average Bonchev–Trinajstić information content (AvgIpc) is 3.10. The third kappa shape index (κ3) is 3.59. The Hall–Kier alpha value is -2.34. The molecule has 1 heterocycles. The Bertz CT molecular complexity index is 754. The number of carbonyl (C=O) groups excluding carboxylic acids is 1. The zero-order chi connectivity index (χ0) is 16.9. The van der Waals surface area contributed by atoms with Gasteiger partial charge in [-0.25, -0.2) is 4.98 Å². The Kier molecular flexibility index (Phi) is 5.15. The van der Waals surface area contributed by atoms with E-state index in [2.05, 4.69) is 22.5 Å². The molecule has 1 N–H and O–H groups in total. The van der Waals surface area contributed by atoms with Crippen LogP contribution in [0.25, 0.3) is 11.3 Å². The van der Waals surface area contributed by atoms with Crippen molar-refractivity contribution in [3.63, 3.8) is 0 Å². The van der Waals surface area contributed by atoms with Gasteiger partial charge >= 0.3 is 0 Å². The summed E-state index contributed by atoms with van der Waals surface area (Å²) in [5, 5.41) is 5.45. The third-order valence-electron chi connectivity index (χ3n) is 4.06. The Morgan fingerprint density at radius 1 is 1.29 bits per heavy atom. The SMILES string of the molecule is COc1ccc(OC)c(-c2csc(NC(=O)[C@H]3CC=CCC3)n2)c1. The molecule has 126 valence electrons. The third-order valence-corrected chi connectivity index (χ3v) is 4.81. The zero-order valence-electron chi connectivity index (χ0n) is 13.7. The van der Waals surface area contributed by atoms with Crippen LogP contribution in [0.3, 0.4) is 0 Å². The number of nitrogens with one attached hydrogen (secondary N) is 1. The van der Waals surface area contributed by atoms with Crippen LogP contribution in [0.15, 0.2) is 35.7 Å². The topological polar surface area (TPSA) is 60.5 Å². The van der Waals surface area contributed by atoms with Crippen molar-refractivity contribution >= 4 is 22.4 Å². The van der Waals surface area contributed by atoms with Gasteiger partial charge in [-0.2, -0.15) is 0 Å². The number of allylic oxidation sites excluding steroid dienone is 2. The lowest BCUT2D eigenvalue weighted by molar-refractivity contribution is -0.120. The monoisotopic (exact) mass is 344 g/mol. The van der Waals surface area contributed by atoms with E-state index in [1.54, 1.807) is 14.2 Å². The first-order valence-corrected chi connectivity index (χ1v) is 8.73. The summed E-state index contributed by atoms with van der Waals surface area (Å²) in [6.45, 7) is 0. The van der Waals surface area contributed by atoms with E-state index in [1.165, 1.54) is 11.3 Å². The summed E-state index contributed by atoms with van der Waals surface area (Å²) >= 11 is 1.41. The largest absolute Gasteiger partial charge is 0.497 e. The van der Waals surface area contributed by atoms with Crippen LogP contribution in [0.2, 0.25) is 0 Å². The molecule has 6 heteroatoms. The van der Waals surface area contributed by atoms with E-state index in [0.717, 1.165) is 42.0 Å². The molecule has 1 amide bonds. The lowest BCUT2D eigenvalue weighted by Gasteiger charge is -2.16. The Labute approximate surface area is 145 Å². The maximum absolute atomic E-state index is 12.3. The summed E-state index contributed by atoms with van der Waals surface area (Å²) in [5.41, 5.74) is 1.60. The Morgan fingerprint density at radius 3 is 2.88 bits per heavy atom. The number of carbonyl (C=O) groups is 1. The van der Waals surface area contributed by atoms with Crippen molar-refractivity contribution in [1.82, 2.24) is 4.98 Å². The number of ether oxygens (including phenoxy) is 2. The second kappa shape index (κ2) is 7.49. The van der Waals surface area contributed by atoms with Crippen molar-refractivity contribution in [3.05, 3.63) is 35.7 Å². The highest BCUT2D eigenvalue weighted by molar-refractivity contribution is 7.14. The van der Waals surface area contributed by atoms with E-state index in [4.69, 9.17) is 9.47 Å². The first kappa shape index (κ1) is 16.5. The van der Waals surface area contributed by atoms with Gasteiger partial charge in [0.05, 0.1) is 19.9 Å². The van der Waals surface area contributed by atoms with Gasteiger partial charge in [0.15, 0.2) is 5.13 Å². The molecule has 3 rings (SSSR count). The molecular formula is C18H20N2O3S. The summed E-state index contributed by atoms with van der Waals surface area (Å²) in [4.78, 5) is 16.8.